The van der Waals surface area contributed by atoms with E-state index in [-0.39, 0.29) is 6.29 Å². The summed E-state index contributed by atoms with van der Waals surface area (Å²) in [5, 5.41) is 0. The molecule has 1 aromatic rings. The molecule has 1 rings (SSSR count). The summed E-state index contributed by atoms with van der Waals surface area (Å²) in [6.07, 6.45) is -0.0648. The Balaban J connectivity index is 0. The van der Waals surface area contributed by atoms with Gasteiger partial charge in [-0.25, -0.2) is 0 Å². The number of methoxy groups -OCH3 is 2. The second-order valence-corrected chi connectivity index (χ2v) is 6.05. The van der Waals surface area contributed by atoms with Crippen molar-refractivity contribution in [1.29, 1.82) is 0 Å². The van der Waals surface area contributed by atoms with Gasteiger partial charge in [0.15, 0.2) is 6.29 Å². The first-order valence-electron chi connectivity index (χ1n) is 4.62. The van der Waals surface area contributed by atoms with E-state index < -0.39 is 3.25 Å². The fraction of sp³-hybridized carbons (Fsp3) is 0.455. The number of hydrogen-bond acceptors (Lipinski definition) is 2. The lowest BCUT2D eigenvalue weighted by Crippen LogP contribution is -2.05. The van der Waals surface area contributed by atoms with Crippen LogP contribution in [0.3, 0.4) is 0 Å². The van der Waals surface area contributed by atoms with Crippen LogP contribution >= 0.6 is 46.4 Å². The molecule has 0 unspecified atom stereocenters. The van der Waals surface area contributed by atoms with E-state index in [4.69, 9.17) is 46.4 Å². The smallest absolute Gasteiger partial charge is 0.266 e. The molecule has 0 spiro atoms. The Morgan fingerprint density at radius 1 is 0.765 bits per heavy atom. The monoisotopic (exact) mass is 320 g/mol. The third-order valence-corrected chi connectivity index (χ3v) is 1.33. The molecule has 0 aliphatic heterocycles. The van der Waals surface area contributed by atoms with Crippen molar-refractivity contribution in [1.82, 2.24) is 0 Å². The highest BCUT2D eigenvalue weighted by Gasteiger charge is 2.11. The molecule has 0 fully saturated rings. The van der Waals surface area contributed by atoms with Crippen LogP contribution in [0.5, 0.6) is 0 Å². The van der Waals surface area contributed by atoms with Crippen molar-refractivity contribution < 1.29 is 9.47 Å². The molecule has 100 valence electrons. The molecular weight excluding hydrogens is 306 g/mol. The van der Waals surface area contributed by atoms with Gasteiger partial charge in [-0.05, 0) is 6.92 Å². The summed E-state index contributed by atoms with van der Waals surface area (Å²) >= 11 is 19.3. The van der Waals surface area contributed by atoms with Crippen molar-refractivity contribution >= 4 is 46.4 Å². The van der Waals surface area contributed by atoms with Crippen LogP contribution in [-0.2, 0) is 9.47 Å². The number of halogens is 4. The van der Waals surface area contributed by atoms with Crippen molar-refractivity contribution in [2.45, 2.75) is 16.5 Å². The predicted molar refractivity (Wildman–Crippen MR) is 76.1 cm³/mol. The Hall–Kier alpha value is 0.300. The van der Waals surface area contributed by atoms with E-state index in [2.05, 4.69) is 9.47 Å². The van der Waals surface area contributed by atoms with E-state index in [1.165, 1.54) is 0 Å². The van der Waals surface area contributed by atoms with E-state index >= 15 is 0 Å². The normalized spacial score (nSPS) is 9.88. The summed E-state index contributed by atoms with van der Waals surface area (Å²) in [5.41, 5.74) is 0. The average Bonchev–Trinajstić information content (AvgIpc) is 2.29. The fourth-order valence-corrected chi connectivity index (χ4v) is 0.481. The maximum atomic E-state index is 4.83. The fourth-order valence-electron chi connectivity index (χ4n) is 0.481. The Morgan fingerprint density at radius 3 is 1.00 bits per heavy atom. The van der Waals surface area contributed by atoms with Crippen LogP contribution in [0.4, 0.5) is 0 Å². The van der Waals surface area contributed by atoms with Crippen LogP contribution in [0.2, 0.25) is 0 Å². The summed E-state index contributed by atoms with van der Waals surface area (Å²) in [7, 11) is 3.21. The summed E-state index contributed by atoms with van der Waals surface area (Å²) in [6.45, 7) is 1.83. The number of benzene rings is 1. The molecule has 17 heavy (non-hydrogen) atoms. The number of rotatable bonds is 2. The molecule has 0 aliphatic carbocycles. The largest absolute Gasteiger partial charge is 0.356 e. The highest BCUT2D eigenvalue weighted by molar-refractivity contribution is 6.83. The number of hydrogen-bond donors (Lipinski definition) is 0. The molecule has 0 saturated carbocycles. The molecule has 2 nitrogen and oxygen atoms in total. The minimum Gasteiger partial charge on any atom is -0.356 e. The standard InChI is InChI=1S/C6H6.C4H10O2.CCl4/c1-2-4-6-5-3-1;1-4(5-2)6-3;2-1(3,4)5/h1-6H;4H,1-3H3;. The van der Waals surface area contributed by atoms with Crippen molar-refractivity contribution in [2.75, 3.05) is 14.2 Å². The van der Waals surface area contributed by atoms with Gasteiger partial charge < -0.3 is 9.47 Å². The van der Waals surface area contributed by atoms with Gasteiger partial charge in [-0.3, -0.25) is 0 Å². The summed E-state index contributed by atoms with van der Waals surface area (Å²) in [4.78, 5) is 0. The first-order chi connectivity index (χ1) is 7.81. The molecule has 0 amide bonds. The van der Waals surface area contributed by atoms with E-state index in [1.54, 1.807) is 14.2 Å². The lowest BCUT2D eigenvalue weighted by atomic mass is 10.4. The van der Waals surface area contributed by atoms with Gasteiger partial charge in [-0.15, -0.1) is 0 Å². The first-order valence-corrected chi connectivity index (χ1v) is 6.13. The van der Waals surface area contributed by atoms with Crippen LogP contribution in [0, 0.1) is 0 Å². The summed E-state index contributed by atoms with van der Waals surface area (Å²) < 4.78 is 7.74. The topological polar surface area (TPSA) is 18.5 Å². The molecule has 6 heteroatoms. The third kappa shape index (κ3) is 31.4. The lowest BCUT2D eigenvalue weighted by Gasteiger charge is -2.03. The minimum absolute atomic E-state index is 0.0648. The molecule has 0 N–H and O–H groups in total. The van der Waals surface area contributed by atoms with Gasteiger partial charge in [0.25, 0.3) is 3.25 Å². The van der Waals surface area contributed by atoms with Gasteiger partial charge in [-0.2, -0.15) is 0 Å². The quantitative estimate of drug-likeness (QED) is 0.571. The first kappa shape index (κ1) is 19.6. The maximum absolute atomic E-state index is 4.83. The Labute approximate surface area is 123 Å². The van der Waals surface area contributed by atoms with Crippen molar-refractivity contribution in [2.24, 2.45) is 0 Å². The molecule has 0 bridgehead atoms. The van der Waals surface area contributed by atoms with Gasteiger partial charge in [0, 0.05) is 14.2 Å². The van der Waals surface area contributed by atoms with Gasteiger partial charge in [0.1, 0.15) is 0 Å². The van der Waals surface area contributed by atoms with Crippen LogP contribution in [0.15, 0.2) is 36.4 Å². The van der Waals surface area contributed by atoms with Crippen molar-refractivity contribution in [3.8, 4) is 0 Å². The Kier molecular flexibility index (Phi) is 14.7. The molecule has 0 aliphatic rings. The molecule has 0 radical (unpaired) electrons. The summed E-state index contributed by atoms with van der Waals surface area (Å²) in [5.74, 6) is 0. The highest BCUT2D eigenvalue weighted by atomic mass is 35.6. The zero-order valence-electron chi connectivity index (χ0n) is 9.87. The summed E-state index contributed by atoms with van der Waals surface area (Å²) in [6, 6.07) is 12.0. The van der Waals surface area contributed by atoms with Crippen LogP contribution in [0.1, 0.15) is 6.92 Å². The zero-order valence-corrected chi connectivity index (χ0v) is 12.9. The number of ether oxygens (including phenoxy) is 2. The molecule has 0 atom stereocenters. The van der Waals surface area contributed by atoms with Crippen LogP contribution < -0.4 is 0 Å². The van der Waals surface area contributed by atoms with Gasteiger partial charge >= 0.3 is 0 Å². The lowest BCUT2D eigenvalue weighted by molar-refractivity contribution is -0.0877. The van der Waals surface area contributed by atoms with Crippen LogP contribution in [-0.4, -0.2) is 23.8 Å². The zero-order chi connectivity index (χ0) is 13.7. The second kappa shape index (κ2) is 12.7. The second-order valence-electron chi connectivity index (χ2n) is 2.62. The maximum Gasteiger partial charge on any atom is 0.266 e. The minimum atomic E-state index is -1.61. The SMILES string of the molecule is COC(C)OC.ClC(Cl)(Cl)Cl.c1ccccc1. The predicted octanol–water partition coefficient (Wildman–Crippen LogP) is 4.86. The van der Waals surface area contributed by atoms with E-state index in [0.717, 1.165) is 0 Å². The van der Waals surface area contributed by atoms with E-state index in [0.29, 0.717) is 0 Å². The Bertz CT molecular complexity index is 202. The Morgan fingerprint density at radius 2 is 0.941 bits per heavy atom. The molecule has 0 heterocycles. The van der Waals surface area contributed by atoms with Gasteiger partial charge in [0.05, 0.1) is 0 Å². The van der Waals surface area contributed by atoms with Crippen molar-refractivity contribution in [3.05, 3.63) is 36.4 Å². The van der Waals surface area contributed by atoms with Gasteiger partial charge in [0.2, 0.25) is 0 Å². The molecule has 0 saturated heterocycles. The van der Waals surface area contributed by atoms with Crippen LogP contribution in [0.25, 0.3) is 0 Å². The van der Waals surface area contributed by atoms with E-state index in [9.17, 15) is 0 Å². The third-order valence-electron chi connectivity index (χ3n) is 1.33. The van der Waals surface area contributed by atoms with Gasteiger partial charge in [-0.1, -0.05) is 82.8 Å². The van der Waals surface area contributed by atoms with Crippen molar-refractivity contribution in [3.63, 3.8) is 0 Å². The highest BCUT2D eigenvalue weighted by Crippen LogP contribution is 2.29. The molecular formula is C11H16Cl4O2. The molecule has 0 aromatic heterocycles. The molecule has 1 aromatic carbocycles. The number of alkyl halides is 4. The average molecular weight is 322 g/mol. The van der Waals surface area contributed by atoms with E-state index in [1.807, 2.05) is 43.3 Å².